The number of hydrogen-bond donors (Lipinski definition) is 0. The van der Waals surface area contributed by atoms with E-state index >= 15 is 0 Å². The van der Waals surface area contributed by atoms with E-state index in [9.17, 15) is 22.0 Å². The summed E-state index contributed by atoms with van der Waals surface area (Å²) in [4.78, 5) is 0. The first-order valence-corrected chi connectivity index (χ1v) is 9.11. The molecule has 0 amide bonds. The predicted molar refractivity (Wildman–Crippen MR) is 99.5 cm³/mol. The normalized spacial score (nSPS) is 11.1. The van der Waals surface area contributed by atoms with Crippen LogP contribution in [0.25, 0.3) is 11.1 Å². The molecule has 0 nitrogen and oxygen atoms in total. The van der Waals surface area contributed by atoms with Crippen molar-refractivity contribution in [2.45, 2.75) is 32.6 Å². The fourth-order valence-electron chi connectivity index (χ4n) is 3.29. The molecule has 28 heavy (non-hydrogen) atoms. The third-order valence-electron chi connectivity index (χ3n) is 4.73. The van der Waals surface area contributed by atoms with E-state index in [-0.39, 0.29) is 29.5 Å². The van der Waals surface area contributed by atoms with E-state index < -0.39 is 29.1 Å². The minimum Gasteiger partial charge on any atom is -0.207 e. The third-order valence-corrected chi connectivity index (χ3v) is 4.73. The molecular formula is C23H19F5. The molecule has 0 N–H and O–H groups in total. The molecule has 0 radical (unpaired) electrons. The summed E-state index contributed by atoms with van der Waals surface area (Å²) < 4.78 is 70.6. The highest BCUT2D eigenvalue weighted by atomic mass is 19.2. The highest BCUT2D eigenvalue weighted by molar-refractivity contribution is 5.68. The molecule has 3 aromatic rings. The summed E-state index contributed by atoms with van der Waals surface area (Å²) in [5, 5.41) is 0. The molecule has 3 aromatic carbocycles. The lowest BCUT2D eigenvalue weighted by Crippen LogP contribution is -2.05. The highest BCUT2D eigenvalue weighted by Gasteiger charge is 2.21. The Labute approximate surface area is 160 Å². The van der Waals surface area contributed by atoms with Crippen molar-refractivity contribution < 1.29 is 22.0 Å². The smallest absolute Gasteiger partial charge is 0.194 e. The molecule has 146 valence electrons. The quantitative estimate of drug-likeness (QED) is 0.321. The van der Waals surface area contributed by atoms with Crippen molar-refractivity contribution in [3.05, 3.63) is 94.3 Å². The lowest BCUT2D eigenvalue weighted by Gasteiger charge is -2.14. The molecular weight excluding hydrogens is 371 g/mol. The number of aryl methyl sites for hydroxylation is 2. The van der Waals surface area contributed by atoms with E-state index in [4.69, 9.17) is 0 Å². The summed E-state index contributed by atoms with van der Waals surface area (Å²) in [5.41, 5.74) is 0.908. The van der Waals surface area contributed by atoms with Crippen LogP contribution in [0.5, 0.6) is 0 Å². The first-order valence-electron chi connectivity index (χ1n) is 9.11. The maximum atomic E-state index is 14.5. The maximum Gasteiger partial charge on any atom is 0.194 e. The lowest BCUT2D eigenvalue weighted by molar-refractivity contribution is 0.441. The Hall–Kier alpha value is -2.69. The summed E-state index contributed by atoms with van der Waals surface area (Å²) in [7, 11) is 0. The van der Waals surface area contributed by atoms with Gasteiger partial charge in [-0.2, -0.15) is 0 Å². The minimum absolute atomic E-state index is 0.0333. The van der Waals surface area contributed by atoms with Crippen LogP contribution in [0.3, 0.4) is 0 Å². The average Bonchev–Trinajstić information content (AvgIpc) is 2.67. The Bertz CT molecular complexity index is 995. The maximum absolute atomic E-state index is 14.5. The van der Waals surface area contributed by atoms with E-state index in [2.05, 4.69) is 0 Å². The van der Waals surface area contributed by atoms with Gasteiger partial charge in [0.1, 0.15) is 11.6 Å². The zero-order valence-electron chi connectivity index (χ0n) is 15.3. The van der Waals surface area contributed by atoms with E-state index in [1.165, 1.54) is 24.3 Å². The molecule has 0 saturated carbocycles. The van der Waals surface area contributed by atoms with Gasteiger partial charge in [-0.1, -0.05) is 43.7 Å². The average molecular weight is 390 g/mol. The molecule has 0 aromatic heterocycles. The fraction of sp³-hybridized carbons (Fsp3) is 0.217. The number of halogens is 5. The van der Waals surface area contributed by atoms with Crippen LogP contribution in [0.1, 0.15) is 30.0 Å². The van der Waals surface area contributed by atoms with Gasteiger partial charge in [-0.05, 0) is 59.7 Å². The van der Waals surface area contributed by atoms with Gasteiger partial charge in [0.2, 0.25) is 0 Å². The SMILES string of the molecule is CCCc1ccc(CCc2c(-c3ccccc3F)cc(F)c(F)c2F)c(F)c1. The largest absolute Gasteiger partial charge is 0.207 e. The number of hydrogen-bond acceptors (Lipinski definition) is 0. The van der Waals surface area contributed by atoms with Crippen LogP contribution < -0.4 is 0 Å². The monoisotopic (exact) mass is 390 g/mol. The van der Waals surface area contributed by atoms with Crippen LogP contribution in [0, 0.1) is 29.1 Å². The standard InChI is InChI=1S/C23H19F5/c1-2-5-14-8-9-15(20(25)12-14)10-11-17-18(13-21(26)23(28)22(17)27)16-6-3-4-7-19(16)24/h3-4,6-9,12-13H,2,5,10-11H2,1H3. The van der Waals surface area contributed by atoms with Crippen molar-refractivity contribution in [1.82, 2.24) is 0 Å². The molecule has 0 aliphatic heterocycles. The van der Waals surface area contributed by atoms with Gasteiger partial charge in [-0.3, -0.25) is 0 Å². The Balaban J connectivity index is 1.98. The summed E-state index contributed by atoms with van der Waals surface area (Å²) >= 11 is 0. The molecule has 0 heterocycles. The van der Waals surface area contributed by atoms with Gasteiger partial charge in [-0.25, -0.2) is 22.0 Å². The van der Waals surface area contributed by atoms with Crippen molar-refractivity contribution in [1.29, 1.82) is 0 Å². The molecule has 0 aliphatic rings. The van der Waals surface area contributed by atoms with Gasteiger partial charge in [0.25, 0.3) is 0 Å². The summed E-state index contributed by atoms with van der Waals surface area (Å²) in [5.74, 6) is -5.49. The summed E-state index contributed by atoms with van der Waals surface area (Å²) in [6, 6.07) is 11.1. The van der Waals surface area contributed by atoms with Gasteiger partial charge < -0.3 is 0 Å². The van der Waals surface area contributed by atoms with E-state index in [0.717, 1.165) is 30.5 Å². The van der Waals surface area contributed by atoms with Gasteiger partial charge >= 0.3 is 0 Å². The van der Waals surface area contributed by atoms with Crippen LogP contribution in [0.4, 0.5) is 22.0 Å². The van der Waals surface area contributed by atoms with E-state index in [0.29, 0.717) is 5.56 Å². The predicted octanol–water partition coefficient (Wildman–Crippen LogP) is 6.79. The summed E-state index contributed by atoms with van der Waals surface area (Å²) in [6.07, 6.45) is 1.59. The van der Waals surface area contributed by atoms with Crippen LogP contribution >= 0.6 is 0 Å². The second-order valence-corrected chi connectivity index (χ2v) is 6.67. The topological polar surface area (TPSA) is 0 Å². The van der Waals surface area contributed by atoms with Crippen LogP contribution in [-0.2, 0) is 19.3 Å². The Morgan fingerprint density at radius 3 is 2.07 bits per heavy atom. The van der Waals surface area contributed by atoms with Crippen molar-refractivity contribution >= 4 is 0 Å². The Morgan fingerprint density at radius 2 is 1.39 bits per heavy atom. The zero-order chi connectivity index (χ0) is 20.3. The molecule has 0 unspecified atom stereocenters. The van der Waals surface area contributed by atoms with Gasteiger partial charge in [0.05, 0.1) is 0 Å². The van der Waals surface area contributed by atoms with Gasteiger partial charge in [0, 0.05) is 5.56 Å². The molecule has 0 spiro atoms. The molecule has 0 bridgehead atoms. The molecule has 3 rings (SSSR count). The fourth-order valence-corrected chi connectivity index (χ4v) is 3.29. The Morgan fingerprint density at radius 1 is 0.643 bits per heavy atom. The van der Waals surface area contributed by atoms with Crippen molar-refractivity contribution in [2.24, 2.45) is 0 Å². The van der Waals surface area contributed by atoms with Crippen molar-refractivity contribution in [2.75, 3.05) is 0 Å². The minimum atomic E-state index is -1.62. The number of rotatable bonds is 6. The van der Waals surface area contributed by atoms with Crippen molar-refractivity contribution in [3.63, 3.8) is 0 Å². The molecule has 0 saturated heterocycles. The second kappa shape index (κ2) is 8.55. The first kappa shape index (κ1) is 20.1. The second-order valence-electron chi connectivity index (χ2n) is 6.67. The molecule has 0 fully saturated rings. The summed E-state index contributed by atoms with van der Waals surface area (Å²) in [6.45, 7) is 1.99. The van der Waals surface area contributed by atoms with Gasteiger partial charge in [0.15, 0.2) is 17.5 Å². The van der Waals surface area contributed by atoms with Crippen molar-refractivity contribution in [3.8, 4) is 11.1 Å². The van der Waals surface area contributed by atoms with E-state index in [1.54, 1.807) is 12.1 Å². The number of benzene rings is 3. The molecule has 0 atom stereocenters. The first-order chi connectivity index (χ1) is 13.4. The molecule has 0 aliphatic carbocycles. The Kier molecular flexibility index (Phi) is 6.12. The van der Waals surface area contributed by atoms with Gasteiger partial charge in [-0.15, -0.1) is 0 Å². The van der Waals surface area contributed by atoms with Crippen LogP contribution in [0.2, 0.25) is 0 Å². The zero-order valence-corrected chi connectivity index (χ0v) is 15.3. The lowest BCUT2D eigenvalue weighted by atomic mass is 9.93. The van der Waals surface area contributed by atoms with E-state index in [1.807, 2.05) is 6.92 Å². The third kappa shape index (κ3) is 4.08. The van der Waals surface area contributed by atoms with Crippen LogP contribution in [0.15, 0.2) is 48.5 Å². The molecule has 5 heteroatoms. The highest BCUT2D eigenvalue weighted by Crippen LogP contribution is 2.32. The van der Waals surface area contributed by atoms with Crippen LogP contribution in [-0.4, -0.2) is 0 Å².